The zero-order valence-corrected chi connectivity index (χ0v) is 17.9. The van der Waals surface area contributed by atoms with Gasteiger partial charge in [0.1, 0.15) is 10.6 Å². The molecule has 1 aromatic heterocycles. The van der Waals surface area contributed by atoms with Crippen molar-refractivity contribution in [2.24, 2.45) is 5.92 Å². The number of benzene rings is 1. The smallest absolute Gasteiger partial charge is 0.408 e. The van der Waals surface area contributed by atoms with Gasteiger partial charge in [0.15, 0.2) is 0 Å². The molecule has 1 saturated carbocycles. The zero-order chi connectivity index (χ0) is 19.8. The Kier molecular flexibility index (Phi) is 5.77. The van der Waals surface area contributed by atoms with Crippen LogP contribution in [0.15, 0.2) is 22.7 Å². The number of hydrogen-bond donors (Lipinski definition) is 1. The van der Waals surface area contributed by atoms with Gasteiger partial charge in [0.25, 0.3) is 0 Å². The Labute approximate surface area is 169 Å². The zero-order valence-electron chi connectivity index (χ0n) is 15.5. The SMILES string of the molecule is CC(C)(C)OC(=O)N[C@H](c1nc2cc(Br)ccc2s1)C1CCC(F)(F)CC1. The van der Waals surface area contributed by atoms with Gasteiger partial charge in [-0.2, -0.15) is 0 Å². The van der Waals surface area contributed by atoms with Crippen LogP contribution in [0.2, 0.25) is 0 Å². The molecule has 8 heteroatoms. The van der Waals surface area contributed by atoms with E-state index in [0.29, 0.717) is 12.8 Å². The van der Waals surface area contributed by atoms with Gasteiger partial charge in [0, 0.05) is 17.3 Å². The minimum atomic E-state index is -2.62. The topological polar surface area (TPSA) is 51.2 Å². The van der Waals surface area contributed by atoms with Crippen molar-refractivity contribution >= 4 is 43.6 Å². The van der Waals surface area contributed by atoms with Crippen molar-refractivity contribution in [3.05, 3.63) is 27.7 Å². The van der Waals surface area contributed by atoms with Gasteiger partial charge in [-0.05, 0) is 57.7 Å². The Morgan fingerprint density at radius 3 is 2.67 bits per heavy atom. The molecule has 1 aliphatic rings. The maximum Gasteiger partial charge on any atom is 0.408 e. The van der Waals surface area contributed by atoms with E-state index in [1.807, 2.05) is 18.2 Å². The fraction of sp³-hybridized carbons (Fsp3) is 0.579. The lowest BCUT2D eigenvalue weighted by Gasteiger charge is -2.33. The molecule has 2 aromatic rings. The summed E-state index contributed by atoms with van der Waals surface area (Å²) in [6.07, 6.45) is -0.202. The summed E-state index contributed by atoms with van der Waals surface area (Å²) < 4.78 is 34.5. The van der Waals surface area contributed by atoms with Crippen LogP contribution < -0.4 is 5.32 Å². The lowest BCUT2D eigenvalue weighted by atomic mass is 9.82. The Morgan fingerprint density at radius 2 is 2.04 bits per heavy atom. The molecule has 1 fully saturated rings. The Balaban J connectivity index is 1.87. The molecular formula is C19H23BrF2N2O2S. The molecule has 1 aliphatic carbocycles. The first kappa shape index (κ1) is 20.5. The van der Waals surface area contributed by atoms with E-state index in [1.165, 1.54) is 11.3 Å². The highest BCUT2D eigenvalue weighted by atomic mass is 79.9. The monoisotopic (exact) mass is 460 g/mol. The number of halogens is 3. The highest BCUT2D eigenvalue weighted by molar-refractivity contribution is 9.10. The van der Waals surface area contributed by atoms with E-state index in [4.69, 9.17) is 4.74 Å². The van der Waals surface area contributed by atoms with Crippen LogP contribution in [-0.2, 0) is 4.74 Å². The van der Waals surface area contributed by atoms with E-state index in [9.17, 15) is 13.6 Å². The van der Waals surface area contributed by atoms with Crippen LogP contribution in [0.25, 0.3) is 10.2 Å². The van der Waals surface area contributed by atoms with Crippen molar-refractivity contribution < 1.29 is 18.3 Å². The van der Waals surface area contributed by atoms with E-state index in [1.54, 1.807) is 20.8 Å². The van der Waals surface area contributed by atoms with Crippen molar-refractivity contribution in [2.75, 3.05) is 0 Å². The van der Waals surface area contributed by atoms with E-state index < -0.39 is 23.7 Å². The normalized spacial score (nSPS) is 19.0. The van der Waals surface area contributed by atoms with Gasteiger partial charge in [0.05, 0.1) is 16.3 Å². The minimum absolute atomic E-state index is 0.0962. The van der Waals surface area contributed by atoms with Crippen molar-refractivity contribution in [2.45, 2.75) is 64.0 Å². The highest BCUT2D eigenvalue weighted by Crippen LogP contribution is 2.43. The summed E-state index contributed by atoms with van der Waals surface area (Å²) in [5.41, 5.74) is 0.189. The average molecular weight is 461 g/mol. The first-order chi connectivity index (χ1) is 12.5. The molecule has 4 nitrogen and oxygen atoms in total. The summed E-state index contributed by atoms with van der Waals surface area (Å²) in [6.45, 7) is 5.37. The summed E-state index contributed by atoms with van der Waals surface area (Å²) in [7, 11) is 0. The molecule has 0 unspecified atom stereocenters. The van der Waals surface area contributed by atoms with Gasteiger partial charge >= 0.3 is 6.09 Å². The molecule has 1 heterocycles. The van der Waals surface area contributed by atoms with E-state index in [-0.39, 0.29) is 18.8 Å². The number of rotatable bonds is 3. The molecule has 0 bridgehead atoms. The molecule has 0 spiro atoms. The predicted octanol–water partition coefficient (Wildman–Crippen LogP) is 6.45. The number of alkyl carbamates (subject to hydrolysis) is 1. The number of hydrogen-bond acceptors (Lipinski definition) is 4. The second-order valence-corrected chi connectivity index (χ2v) is 9.96. The number of thiazole rings is 1. The summed E-state index contributed by atoms with van der Waals surface area (Å²) >= 11 is 4.91. The maximum atomic E-state index is 13.6. The number of carbonyl (C=O) groups excluding carboxylic acids is 1. The van der Waals surface area contributed by atoms with Crippen LogP contribution in [0.1, 0.15) is 57.5 Å². The molecule has 1 N–H and O–H groups in total. The van der Waals surface area contributed by atoms with Gasteiger partial charge in [-0.15, -0.1) is 11.3 Å². The highest BCUT2D eigenvalue weighted by Gasteiger charge is 2.39. The molecule has 0 aliphatic heterocycles. The molecule has 3 rings (SSSR count). The predicted molar refractivity (Wildman–Crippen MR) is 106 cm³/mol. The third-order valence-electron chi connectivity index (χ3n) is 4.54. The molecule has 0 radical (unpaired) electrons. The van der Waals surface area contributed by atoms with Crippen LogP contribution in [0, 0.1) is 5.92 Å². The quantitative estimate of drug-likeness (QED) is 0.572. The van der Waals surface area contributed by atoms with Gasteiger partial charge in [-0.3, -0.25) is 0 Å². The summed E-state index contributed by atoms with van der Waals surface area (Å²) in [5, 5.41) is 3.62. The molecule has 0 saturated heterocycles. The van der Waals surface area contributed by atoms with E-state index >= 15 is 0 Å². The average Bonchev–Trinajstić information content (AvgIpc) is 2.94. The Bertz CT molecular complexity index is 825. The number of aromatic nitrogens is 1. The molecule has 148 valence electrons. The molecular weight excluding hydrogens is 438 g/mol. The molecule has 1 amide bonds. The van der Waals surface area contributed by atoms with Crippen molar-refractivity contribution in [1.82, 2.24) is 10.3 Å². The van der Waals surface area contributed by atoms with Crippen LogP contribution in [-0.4, -0.2) is 22.6 Å². The number of amides is 1. The van der Waals surface area contributed by atoms with Crippen molar-refractivity contribution in [1.29, 1.82) is 0 Å². The third-order valence-corrected chi connectivity index (χ3v) is 6.15. The van der Waals surface area contributed by atoms with E-state index in [0.717, 1.165) is 19.7 Å². The van der Waals surface area contributed by atoms with Gasteiger partial charge in [0.2, 0.25) is 5.92 Å². The standard InChI is InChI=1S/C19H23BrF2N2O2S/c1-18(2,3)26-17(25)24-15(11-6-8-19(21,22)9-7-11)16-23-13-10-12(20)4-5-14(13)27-16/h4-5,10-11,15H,6-9H2,1-3H3,(H,24,25)/t15-/m0/s1. The first-order valence-electron chi connectivity index (χ1n) is 8.96. The fourth-order valence-corrected chi connectivity index (χ4v) is 4.70. The first-order valence-corrected chi connectivity index (χ1v) is 10.6. The van der Waals surface area contributed by atoms with Crippen LogP contribution >= 0.6 is 27.3 Å². The second-order valence-electron chi connectivity index (χ2n) is 7.98. The summed E-state index contributed by atoms with van der Waals surface area (Å²) in [5.74, 6) is -2.72. The Hall–Kier alpha value is -1.28. The third kappa shape index (κ3) is 5.38. The van der Waals surface area contributed by atoms with Crippen LogP contribution in [0.5, 0.6) is 0 Å². The van der Waals surface area contributed by atoms with Crippen LogP contribution in [0.3, 0.4) is 0 Å². The van der Waals surface area contributed by atoms with E-state index in [2.05, 4.69) is 26.2 Å². The number of nitrogens with zero attached hydrogens (tertiary/aromatic N) is 1. The largest absolute Gasteiger partial charge is 0.444 e. The number of ether oxygens (including phenoxy) is 1. The number of carbonyl (C=O) groups is 1. The number of alkyl halides is 2. The lowest BCUT2D eigenvalue weighted by molar-refractivity contribution is -0.0499. The van der Waals surface area contributed by atoms with Crippen LogP contribution in [0.4, 0.5) is 13.6 Å². The molecule has 1 aromatic carbocycles. The minimum Gasteiger partial charge on any atom is -0.444 e. The number of nitrogens with one attached hydrogen (secondary N) is 1. The Morgan fingerprint density at radius 1 is 1.37 bits per heavy atom. The van der Waals surface area contributed by atoms with Gasteiger partial charge in [-0.25, -0.2) is 18.6 Å². The van der Waals surface area contributed by atoms with Gasteiger partial charge < -0.3 is 10.1 Å². The fourth-order valence-electron chi connectivity index (χ4n) is 3.26. The number of fused-ring (bicyclic) bond motifs is 1. The molecule has 1 atom stereocenters. The van der Waals surface area contributed by atoms with Crippen molar-refractivity contribution in [3.8, 4) is 0 Å². The summed E-state index contributed by atoms with van der Waals surface area (Å²) in [4.78, 5) is 17.0. The molecule has 27 heavy (non-hydrogen) atoms. The lowest BCUT2D eigenvalue weighted by Crippen LogP contribution is -2.39. The summed E-state index contributed by atoms with van der Waals surface area (Å²) in [6, 6.07) is 5.36. The maximum absolute atomic E-state index is 13.6. The second kappa shape index (κ2) is 7.62. The van der Waals surface area contributed by atoms with Crippen molar-refractivity contribution in [3.63, 3.8) is 0 Å². The van der Waals surface area contributed by atoms with Gasteiger partial charge in [-0.1, -0.05) is 15.9 Å².